The molecule has 1 amide bonds. The van der Waals surface area contributed by atoms with E-state index >= 15 is 0 Å². The molecule has 0 saturated carbocycles. The number of hydrogen-bond donors (Lipinski definition) is 1. The molecule has 3 aliphatic heterocycles. The Morgan fingerprint density at radius 2 is 2.00 bits per heavy atom. The van der Waals surface area contributed by atoms with Crippen molar-refractivity contribution in [3.63, 3.8) is 0 Å². The van der Waals surface area contributed by atoms with Gasteiger partial charge in [0, 0.05) is 43.7 Å². The van der Waals surface area contributed by atoms with Gasteiger partial charge in [-0.1, -0.05) is 0 Å². The van der Waals surface area contributed by atoms with Gasteiger partial charge in [0.25, 0.3) is 0 Å². The summed E-state index contributed by atoms with van der Waals surface area (Å²) in [4.78, 5) is 16.3. The van der Waals surface area contributed by atoms with Crippen LogP contribution < -0.4 is 5.32 Å². The maximum atomic E-state index is 11.7. The number of rotatable bonds is 4. The summed E-state index contributed by atoms with van der Waals surface area (Å²) in [6.07, 6.45) is 7.11. The molecule has 108 valence electrons. The summed E-state index contributed by atoms with van der Waals surface area (Å²) in [7, 11) is 2.28. The zero-order valence-corrected chi connectivity index (χ0v) is 12.3. The maximum absolute atomic E-state index is 11.7. The average molecular weight is 265 g/mol. The molecular weight excluding hydrogens is 238 g/mol. The van der Waals surface area contributed by atoms with Crippen LogP contribution in [0.3, 0.4) is 0 Å². The summed E-state index contributed by atoms with van der Waals surface area (Å²) in [5.41, 5.74) is 0. The number of nitrogens with zero attached hydrogens (tertiary/aromatic N) is 2. The standard InChI is InChI=1S/C15H27N3O/c1-11(10-18-7-3-4-15(18)19)16-12-8-13-5-6-14(9-12)17(13)2/h11-14,16H,3-10H2,1-2H3. The SMILES string of the molecule is CC(CN1CCCC1=O)NC1CC2CCC(C1)N2C. The highest BCUT2D eigenvalue weighted by Gasteiger charge is 2.38. The lowest BCUT2D eigenvalue weighted by Gasteiger charge is -2.38. The second-order valence-electron chi connectivity index (χ2n) is 6.73. The Hall–Kier alpha value is -0.610. The van der Waals surface area contributed by atoms with Crippen molar-refractivity contribution in [1.82, 2.24) is 15.1 Å². The minimum Gasteiger partial charge on any atom is -0.341 e. The number of nitrogens with one attached hydrogen (secondary N) is 1. The van der Waals surface area contributed by atoms with Crippen LogP contribution in [0.15, 0.2) is 0 Å². The predicted molar refractivity (Wildman–Crippen MR) is 76.0 cm³/mol. The van der Waals surface area contributed by atoms with Gasteiger partial charge < -0.3 is 15.1 Å². The van der Waals surface area contributed by atoms with Gasteiger partial charge in [0.15, 0.2) is 0 Å². The van der Waals surface area contributed by atoms with Crippen LogP contribution in [0.2, 0.25) is 0 Å². The molecule has 4 nitrogen and oxygen atoms in total. The molecule has 0 aromatic carbocycles. The van der Waals surface area contributed by atoms with Crippen LogP contribution in [0, 0.1) is 0 Å². The van der Waals surface area contributed by atoms with Crippen LogP contribution in [0.5, 0.6) is 0 Å². The van der Waals surface area contributed by atoms with Gasteiger partial charge in [-0.2, -0.15) is 0 Å². The van der Waals surface area contributed by atoms with Gasteiger partial charge in [-0.25, -0.2) is 0 Å². The molecule has 0 aromatic heterocycles. The number of carbonyl (C=O) groups excluding carboxylic acids is 1. The highest BCUT2D eigenvalue weighted by molar-refractivity contribution is 5.78. The molecule has 3 fully saturated rings. The summed E-state index contributed by atoms with van der Waals surface area (Å²) in [5.74, 6) is 0.345. The van der Waals surface area contributed by atoms with E-state index in [0.29, 0.717) is 18.0 Å². The number of fused-ring (bicyclic) bond motifs is 2. The Morgan fingerprint density at radius 1 is 1.32 bits per heavy atom. The van der Waals surface area contributed by atoms with Crippen LogP contribution in [-0.2, 0) is 4.79 Å². The first-order valence-electron chi connectivity index (χ1n) is 7.89. The second kappa shape index (κ2) is 5.41. The first-order chi connectivity index (χ1) is 9.13. The third-order valence-electron chi connectivity index (χ3n) is 5.28. The summed E-state index contributed by atoms with van der Waals surface area (Å²) in [6, 6.07) is 2.66. The van der Waals surface area contributed by atoms with Crippen molar-refractivity contribution < 1.29 is 4.79 Å². The van der Waals surface area contributed by atoms with Crippen LogP contribution in [0.1, 0.15) is 45.4 Å². The van der Waals surface area contributed by atoms with Crippen molar-refractivity contribution in [1.29, 1.82) is 0 Å². The van der Waals surface area contributed by atoms with Gasteiger partial charge in [0.2, 0.25) is 5.91 Å². The summed E-state index contributed by atoms with van der Waals surface area (Å²) < 4.78 is 0. The molecule has 3 heterocycles. The fourth-order valence-corrected chi connectivity index (χ4v) is 4.23. The van der Waals surface area contributed by atoms with Crippen molar-refractivity contribution in [2.75, 3.05) is 20.1 Å². The molecule has 0 aliphatic carbocycles. The normalized spacial score (nSPS) is 37.1. The van der Waals surface area contributed by atoms with Crippen LogP contribution >= 0.6 is 0 Å². The molecule has 1 N–H and O–H groups in total. The molecule has 3 rings (SSSR count). The molecule has 0 radical (unpaired) electrons. The number of likely N-dealkylation sites (tertiary alicyclic amines) is 1. The first kappa shape index (κ1) is 13.4. The lowest BCUT2D eigenvalue weighted by molar-refractivity contribution is -0.128. The van der Waals surface area contributed by atoms with E-state index < -0.39 is 0 Å². The molecule has 19 heavy (non-hydrogen) atoms. The lowest BCUT2D eigenvalue weighted by atomic mass is 9.97. The van der Waals surface area contributed by atoms with E-state index in [1.807, 2.05) is 4.90 Å². The van der Waals surface area contributed by atoms with E-state index in [0.717, 1.165) is 38.0 Å². The summed E-state index contributed by atoms with van der Waals surface area (Å²) in [5, 5.41) is 3.77. The topological polar surface area (TPSA) is 35.6 Å². The van der Waals surface area contributed by atoms with E-state index in [9.17, 15) is 4.79 Å². The van der Waals surface area contributed by atoms with E-state index in [2.05, 4.69) is 24.2 Å². The quantitative estimate of drug-likeness (QED) is 0.830. The maximum Gasteiger partial charge on any atom is 0.222 e. The summed E-state index contributed by atoms with van der Waals surface area (Å²) >= 11 is 0. The van der Waals surface area contributed by atoms with Gasteiger partial charge in [0.05, 0.1) is 0 Å². The second-order valence-corrected chi connectivity index (χ2v) is 6.73. The van der Waals surface area contributed by atoms with Crippen molar-refractivity contribution >= 4 is 5.91 Å². The number of hydrogen-bond acceptors (Lipinski definition) is 3. The Balaban J connectivity index is 1.47. The van der Waals surface area contributed by atoms with Crippen LogP contribution in [0.25, 0.3) is 0 Å². The summed E-state index contributed by atoms with van der Waals surface area (Å²) in [6.45, 7) is 4.08. The smallest absolute Gasteiger partial charge is 0.222 e. The monoisotopic (exact) mass is 265 g/mol. The van der Waals surface area contributed by atoms with Gasteiger partial charge in [-0.15, -0.1) is 0 Å². The van der Waals surface area contributed by atoms with E-state index in [1.54, 1.807) is 0 Å². The van der Waals surface area contributed by atoms with Crippen LogP contribution in [-0.4, -0.2) is 60.0 Å². The number of piperidine rings is 1. The van der Waals surface area contributed by atoms with Crippen molar-refractivity contribution in [3.05, 3.63) is 0 Å². The molecule has 0 spiro atoms. The zero-order valence-electron chi connectivity index (χ0n) is 12.3. The van der Waals surface area contributed by atoms with Gasteiger partial charge >= 0.3 is 0 Å². The molecular formula is C15H27N3O. The van der Waals surface area contributed by atoms with E-state index in [-0.39, 0.29) is 0 Å². The largest absolute Gasteiger partial charge is 0.341 e. The minimum absolute atomic E-state index is 0.345. The average Bonchev–Trinajstić information content (AvgIpc) is 2.83. The molecule has 2 bridgehead atoms. The first-order valence-corrected chi connectivity index (χ1v) is 7.89. The fourth-order valence-electron chi connectivity index (χ4n) is 4.23. The molecule has 4 heteroatoms. The lowest BCUT2D eigenvalue weighted by Crippen LogP contribution is -2.51. The van der Waals surface area contributed by atoms with Gasteiger partial charge in [-0.05, 0) is 46.1 Å². The number of carbonyl (C=O) groups is 1. The molecule has 3 atom stereocenters. The molecule has 3 aliphatic rings. The van der Waals surface area contributed by atoms with Gasteiger partial charge in [0.1, 0.15) is 0 Å². The molecule has 0 aromatic rings. The van der Waals surface area contributed by atoms with E-state index in [1.165, 1.54) is 25.7 Å². The Kier molecular flexibility index (Phi) is 3.81. The Bertz CT molecular complexity index is 332. The van der Waals surface area contributed by atoms with Crippen molar-refractivity contribution in [3.8, 4) is 0 Å². The molecule has 3 saturated heterocycles. The van der Waals surface area contributed by atoms with Gasteiger partial charge in [-0.3, -0.25) is 4.79 Å². The highest BCUT2D eigenvalue weighted by atomic mass is 16.2. The fraction of sp³-hybridized carbons (Fsp3) is 0.933. The van der Waals surface area contributed by atoms with Crippen molar-refractivity contribution in [2.45, 2.75) is 69.6 Å². The minimum atomic E-state index is 0.345. The zero-order chi connectivity index (χ0) is 13.4. The Labute approximate surface area is 116 Å². The van der Waals surface area contributed by atoms with Crippen molar-refractivity contribution in [2.24, 2.45) is 0 Å². The predicted octanol–water partition coefficient (Wildman–Crippen LogP) is 1.21. The molecule has 3 unspecified atom stereocenters. The number of amides is 1. The van der Waals surface area contributed by atoms with E-state index in [4.69, 9.17) is 0 Å². The third kappa shape index (κ3) is 2.79. The third-order valence-corrected chi connectivity index (χ3v) is 5.28. The highest BCUT2D eigenvalue weighted by Crippen LogP contribution is 2.34. The van der Waals surface area contributed by atoms with Crippen LogP contribution in [0.4, 0.5) is 0 Å². The Morgan fingerprint density at radius 3 is 2.58 bits per heavy atom.